The van der Waals surface area contributed by atoms with Crippen LogP contribution in [0.4, 0.5) is 0 Å². The second kappa shape index (κ2) is 6.84. The maximum atomic E-state index is 9.64. The molecule has 0 saturated heterocycles. The Morgan fingerprint density at radius 1 is 1.35 bits per heavy atom. The lowest BCUT2D eigenvalue weighted by Gasteiger charge is -2.18. The fourth-order valence-electron chi connectivity index (χ4n) is 1.74. The molecule has 0 bridgehead atoms. The lowest BCUT2D eigenvalue weighted by molar-refractivity contribution is 0.223. The highest BCUT2D eigenvalue weighted by Gasteiger charge is 2.10. The number of rotatable bonds is 6. The van der Waals surface area contributed by atoms with Crippen LogP contribution in [-0.2, 0) is 6.54 Å². The van der Waals surface area contributed by atoms with Crippen LogP contribution < -0.4 is 5.32 Å². The normalized spacial score (nSPS) is 13.0. The molecular formula is C13H20ClNO2. The predicted molar refractivity (Wildman–Crippen MR) is 70.3 cm³/mol. The number of aromatic hydroxyl groups is 1. The average Bonchev–Trinajstić information content (AvgIpc) is 2.28. The molecule has 17 heavy (non-hydrogen) atoms. The molecule has 0 aliphatic carbocycles. The van der Waals surface area contributed by atoms with E-state index >= 15 is 0 Å². The molecule has 1 atom stereocenters. The number of nitrogens with one attached hydrogen (secondary N) is 1. The summed E-state index contributed by atoms with van der Waals surface area (Å²) in [7, 11) is 0. The summed E-state index contributed by atoms with van der Waals surface area (Å²) < 4.78 is 0. The molecule has 1 aromatic carbocycles. The topological polar surface area (TPSA) is 52.5 Å². The van der Waals surface area contributed by atoms with Crippen LogP contribution in [0.2, 0.25) is 5.02 Å². The van der Waals surface area contributed by atoms with Crippen molar-refractivity contribution in [1.29, 1.82) is 0 Å². The molecule has 0 aliphatic rings. The first-order valence-corrected chi connectivity index (χ1v) is 6.22. The second-order valence-corrected chi connectivity index (χ2v) is 5.10. The van der Waals surface area contributed by atoms with Crippen molar-refractivity contribution in [2.24, 2.45) is 5.92 Å². The monoisotopic (exact) mass is 257 g/mol. The fraction of sp³-hybridized carbons (Fsp3) is 0.538. The number of phenols is 1. The Hall–Kier alpha value is -0.770. The molecule has 4 heteroatoms. The summed E-state index contributed by atoms with van der Waals surface area (Å²) in [5, 5.41) is 22.7. The van der Waals surface area contributed by atoms with E-state index < -0.39 is 0 Å². The van der Waals surface area contributed by atoms with Gasteiger partial charge in [-0.25, -0.2) is 0 Å². The Morgan fingerprint density at radius 2 is 2.06 bits per heavy atom. The maximum absolute atomic E-state index is 9.64. The molecule has 3 N–H and O–H groups in total. The molecule has 0 heterocycles. The Morgan fingerprint density at radius 3 is 2.65 bits per heavy atom. The zero-order valence-electron chi connectivity index (χ0n) is 10.3. The predicted octanol–water partition coefficient (Wildman–Crippen LogP) is 2.54. The Bertz CT molecular complexity index is 355. The van der Waals surface area contributed by atoms with E-state index in [1.165, 1.54) is 0 Å². The number of hydrogen-bond donors (Lipinski definition) is 3. The Kier molecular flexibility index (Phi) is 5.75. The molecule has 0 aromatic heterocycles. The smallest absolute Gasteiger partial charge is 0.120 e. The number of phenolic OH excluding ortho intramolecular Hbond substituents is 1. The molecular weight excluding hydrogens is 238 g/mol. The van der Waals surface area contributed by atoms with Crippen LogP contribution in [0.5, 0.6) is 5.75 Å². The van der Waals surface area contributed by atoms with Crippen molar-refractivity contribution in [2.45, 2.75) is 32.9 Å². The first kappa shape index (κ1) is 14.3. The fourth-order valence-corrected chi connectivity index (χ4v) is 1.94. The van der Waals surface area contributed by atoms with Crippen LogP contribution in [0.1, 0.15) is 25.8 Å². The summed E-state index contributed by atoms with van der Waals surface area (Å²) in [6, 6.07) is 5.01. The number of halogens is 1. The number of aliphatic hydroxyl groups is 1. The third-order valence-corrected chi connectivity index (χ3v) is 2.83. The number of aliphatic hydroxyl groups excluding tert-OH is 1. The van der Waals surface area contributed by atoms with Crippen molar-refractivity contribution in [3.63, 3.8) is 0 Å². The van der Waals surface area contributed by atoms with Crippen LogP contribution >= 0.6 is 11.6 Å². The van der Waals surface area contributed by atoms with Crippen molar-refractivity contribution in [1.82, 2.24) is 5.32 Å². The average molecular weight is 258 g/mol. The van der Waals surface area contributed by atoms with Crippen molar-refractivity contribution < 1.29 is 10.2 Å². The highest BCUT2D eigenvalue weighted by Crippen LogP contribution is 2.21. The van der Waals surface area contributed by atoms with E-state index in [4.69, 9.17) is 11.6 Å². The van der Waals surface area contributed by atoms with E-state index in [1.54, 1.807) is 18.2 Å². The minimum atomic E-state index is 0.0494. The zero-order chi connectivity index (χ0) is 12.8. The van der Waals surface area contributed by atoms with E-state index in [0.717, 1.165) is 12.0 Å². The van der Waals surface area contributed by atoms with Gasteiger partial charge >= 0.3 is 0 Å². The largest absolute Gasteiger partial charge is 0.508 e. The maximum Gasteiger partial charge on any atom is 0.120 e. The van der Waals surface area contributed by atoms with E-state index in [9.17, 15) is 10.2 Å². The van der Waals surface area contributed by atoms with Gasteiger partial charge < -0.3 is 15.5 Å². The third-order valence-electron chi connectivity index (χ3n) is 2.60. The third kappa shape index (κ3) is 4.94. The second-order valence-electron chi connectivity index (χ2n) is 4.66. The Labute approximate surface area is 107 Å². The van der Waals surface area contributed by atoms with E-state index in [2.05, 4.69) is 19.2 Å². The van der Waals surface area contributed by atoms with Crippen molar-refractivity contribution >= 4 is 11.6 Å². The van der Waals surface area contributed by atoms with Gasteiger partial charge in [0, 0.05) is 23.2 Å². The van der Waals surface area contributed by atoms with E-state index in [1.807, 2.05) is 0 Å². The number of hydrogen-bond acceptors (Lipinski definition) is 3. The SMILES string of the molecule is CC(C)CC(CO)NCc1cc(Cl)ccc1O. The molecule has 96 valence electrons. The van der Waals surface area contributed by atoms with Gasteiger partial charge in [-0.1, -0.05) is 25.4 Å². The van der Waals surface area contributed by atoms with Crippen LogP contribution in [-0.4, -0.2) is 22.9 Å². The summed E-state index contributed by atoms with van der Waals surface area (Å²) in [5.41, 5.74) is 0.750. The number of benzene rings is 1. The lowest BCUT2D eigenvalue weighted by Crippen LogP contribution is -2.33. The summed E-state index contributed by atoms with van der Waals surface area (Å²) in [6.07, 6.45) is 0.901. The highest BCUT2D eigenvalue weighted by atomic mass is 35.5. The van der Waals surface area contributed by atoms with Gasteiger partial charge in [-0.2, -0.15) is 0 Å². The van der Waals surface area contributed by atoms with Crippen molar-refractivity contribution in [2.75, 3.05) is 6.61 Å². The van der Waals surface area contributed by atoms with Crippen LogP contribution in [0.25, 0.3) is 0 Å². The molecule has 3 nitrogen and oxygen atoms in total. The summed E-state index contributed by atoms with van der Waals surface area (Å²) in [4.78, 5) is 0. The summed E-state index contributed by atoms with van der Waals surface area (Å²) in [5.74, 6) is 0.746. The molecule has 0 radical (unpaired) electrons. The first-order chi connectivity index (χ1) is 8.02. The zero-order valence-corrected chi connectivity index (χ0v) is 11.0. The van der Waals surface area contributed by atoms with Gasteiger partial charge in [0.25, 0.3) is 0 Å². The molecule has 0 aliphatic heterocycles. The highest BCUT2D eigenvalue weighted by molar-refractivity contribution is 6.30. The van der Waals surface area contributed by atoms with Gasteiger partial charge in [-0.3, -0.25) is 0 Å². The van der Waals surface area contributed by atoms with Gasteiger partial charge in [-0.05, 0) is 30.5 Å². The van der Waals surface area contributed by atoms with Gasteiger partial charge in [0.05, 0.1) is 6.61 Å². The van der Waals surface area contributed by atoms with Crippen molar-refractivity contribution in [3.8, 4) is 5.75 Å². The van der Waals surface area contributed by atoms with Gasteiger partial charge in [0.2, 0.25) is 0 Å². The quantitative estimate of drug-likeness (QED) is 0.734. The van der Waals surface area contributed by atoms with Gasteiger partial charge in [0.15, 0.2) is 0 Å². The van der Waals surface area contributed by atoms with Gasteiger partial charge in [0.1, 0.15) is 5.75 Å². The molecule has 0 amide bonds. The van der Waals surface area contributed by atoms with Crippen LogP contribution in [0.3, 0.4) is 0 Å². The standard InChI is InChI=1S/C13H20ClNO2/c1-9(2)5-12(8-16)15-7-10-6-11(14)3-4-13(10)17/h3-4,6,9,12,15-17H,5,7-8H2,1-2H3. The molecule has 1 rings (SSSR count). The summed E-state index contributed by atoms with van der Waals surface area (Å²) >= 11 is 5.86. The molecule has 1 unspecified atom stereocenters. The lowest BCUT2D eigenvalue weighted by atomic mass is 10.0. The molecule has 0 spiro atoms. The first-order valence-electron chi connectivity index (χ1n) is 5.84. The molecule has 1 aromatic rings. The molecule has 0 saturated carbocycles. The Balaban J connectivity index is 2.56. The van der Waals surface area contributed by atoms with Crippen molar-refractivity contribution in [3.05, 3.63) is 28.8 Å². The molecule has 0 fully saturated rings. The van der Waals surface area contributed by atoms with Crippen LogP contribution in [0.15, 0.2) is 18.2 Å². The minimum Gasteiger partial charge on any atom is -0.508 e. The minimum absolute atomic E-state index is 0.0494. The summed E-state index contributed by atoms with van der Waals surface area (Å²) in [6.45, 7) is 4.83. The van der Waals surface area contributed by atoms with E-state index in [0.29, 0.717) is 17.5 Å². The van der Waals surface area contributed by atoms with E-state index in [-0.39, 0.29) is 18.4 Å². The van der Waals surface area contributed by atoms with Gasteiger partial charge in [-0.15, -0.1) is 0 Å². The van der Waals surface area contributed by atoms with Crippen LogP contribution in [0, 0.1) is 5.92 Å².